The van der Waals surface area contributed by atoms with E-state index in [2.05, 4.69) is 27.4 Å². The van der Waals surface area contributed by atoms with Gasteiger partial charge in [-0.25, -0.2) is 9.59 Å². The molecule has 0 saturated carbocycles. The number of nitro groups is 1. The maximum atomic E-state index is 13.1. The number of rotatable bonds is 12. The van der Waals surface area contributed by atoms with E-state index in [-0.39, 0.29) is 36.8 Å². The zero-order valence-corrected chi connectivity index (χ0v) is 29.8. The molecule has 3 N–H and O–H groups in total. The van der Waals surface area contributed by atoms with Gasteiger partial charge in [0.2, 0.25) is 0 Å². The maximum Gasteiger partial charge on any atom is 0.328 e. The highest BCUT2D eigenvalue weighted by Gasteiger charge is 2.39. The zero-order valence-electron chi connectivity index (χ0n) is 29.8. The number of non-ortho nitro benzene ring substituents is 1. The number of carbonyl (C=O) groups excluding carboxylic acids is 2. The summed E-state index contributed by atoms with van der Waals surface area (Å²) in [5.41, 5.74) is 4.90. The van der Waals surface area contributed by atoms with E-state index in [0.717, 1.165) is 48.6 Å². The molecular formula is C40H45N5O8. The van der Waals surface area contributed by atoms with Gasteiger partial charge in [-0.15, -0.1) is 0 Å². The van der Waals surface area contributed by atoms with Gasteiger partial charge < -0.3 is 34.9 Å². The molecule has 6 rings (SSSR count). The number of carbonyl (C=O) groups is 2. The molecule has 0 spiro atoms. The summed E-state index contributed by atoms with van der Waals surface area (Å²) in [6.07, 6.45) is -0.991. The lowest BCUT2D eigenvalue weighted by Crippen LogP contribution is -2.51. The summed E-state index contributed by atoms with van der Waals surface area (Å²) in [6, 6.07) is 29.6. The van der Waals surface area contributed by atoms with Gasteiger partial charge in [-0.05, 0) is 41.0 Å². The minimum atomic E-state index is -0.883. The summed E-state index contributed by atoms with van der Waals surface area (Å²) in [5.74, 6) is -0.571. The number of methoxy groups -OCH3 is 1. The van der Waals surface area contributed by atoms with E-state index in [9.17, 15) is 24.8 Å². The smallest absolute Gasteiger partial charge is 0.328 e. The van der Waals surface area contributed by atoms with E-state index in [0.29, 0.717) is 17.8 Å². The van der Waals surface area contributed by atoms with Crippen LogP contribution in [0.1, 0.15) is 41.6 Å². The zero-order chi connectivity index (χ0) is 37.3. The van der Waals surface area contributed by atoms with Crippen LogP contribution in [-0.4, -0.2) is 78.9 Å². The SMILES string of the molecule is COC(=O)[C@H](Cc1ccccc1)NC(=O)Nc1cccc([C@H]2O[C@@H](CN3CCN(c4ccc([N+](=O)[O-])cc4)CC3)[C@@H](C)[C@@H](c3ccc(CO)cc3)O2)c1. The molecule has 2 heterocycles. The molecule has 13 nitrogen and oxygen atoms in total. The number of benzene rings is 4. The summed E-state index contributed by atoms with van der Waals surface area (Å²) in [6.45, 7) is 5.84. The van der Waals surface area contributed by atoms with E-state index < -0.39 is 29.3 Å². The van der Waals surface area contributed by atoms with Crippen molar-refractivity contribution in [3.05, 3.63) is 135 Å². The number of nitro benzene ring substituents is 1. The number of anilines is 2. The first-order valence-electron chi connectivity index (χ1n) is 17.7. The average molecular weight is 724 g/mol. The van der Waals surface area contributed by atoms with Crippen LogP contribution in [0, 0.1) is 16.0 Å². The van der Waals surface area contributed by atoms with Gasteiger partial charge in [-0.2, -0.15) is 0 Å². The Kier molecular flexibility index (Phi) is 12.3. The molecule has 2 aliphatic heterocycles. The molecule has 2 aliphatic rings. The van der Waals surface area contributed by atoms with E-state index in [1.807, 2.05) is 66.7 Å². The van der Waals surface area contributed by atoms with Crippen LogP contribution < -0.4 is 15.5 Å². The Morgan fingerprint density at radius 1 is 0.906 bits per heavy atom. The van der Waals surface area contributed by atoms with Crippen LogP contribution in [0.15, 0.2) is 103 Å². The van der Waals surface area contributed by atoms with Crippen molar-refractivity contribution >= 4 is 29.1 Å². The highest BCUT2D eigenvalue weighted by molar-refractivity contribution is 5.92. The molecule has 13 heteroatoms. The topological polar surface area (TPSA) is 156 Å². The Hall–Kier alpha value is -5.34. The predicted molar refractivity (Wildman–Crippen MR) is 199 cm³/mol. The number of esters is 1. The summed E-state index contributed by atoms with van der Waals surface area (Å²) >= 11 is 0. The molecule has 5 atom stereocenters. The molecule has 53 heavy (non-hydrogen) atoms. The summed E-state index contributed by atoms with van der Waals surface area (Å²) in [5, 5.41) is 26.3. The lowest BCUT2D eigenvalue weighted by molar-refractivity contribution is -0.384. The normalized spacial score (nSPS) is 21.0. The Labute approximate surface area is 308 Å². The minimum absolute atomic E-state index is 0.0223. The molecular weight excluding hydrogens is 678 g/mol. The van der Waals surface area contributed by atoms with Gasteiger partial charge in [0.1, 0.15) is 6.04 Å². The van der Waals surface area contributed by atoms with Gasteiger partial charge in [0.15, 0.2) is 6.29 Å². The monoisotopic (exact) mass is 723 g/mol. The second-order valence-electron chi connectivity index (χ2n) is 13.4. The molecule has 0 bridgehead atoms. The minimum Gasteiger partial charge on any atom is -0.467 e. The third-order valence-corrected chi connectivity index (χ3v) is 9.85. The van der Waals surface area contributed by atoms with Gasteiger partial charge in [0.05, 0.1) is 30.8 Å². The van der Waals surface area contributed by atoms with E-state index in [4.69, 9.17) is 14.2 Å². The van der Waals surface area contributed by atoms with Crippen LogP contribution in [0.5, 0.6) is 0 Å². The van der Waals surface area contributed by atoms with Crippen molar-refractivity contribution in [2.45, 2.75) is 44.5 Å². The van der Waals surface area contributed by atoms with Crippen molar-refractivity contribution in [1.82, 2.24) is 10.2 Å². The fourth-order valence-corrected chi connectivity index (χ4v) is 6.83. The molecule has 4 aromatic rings. The van der Waals surface area contributed by atoms with E-state index in [1.165, 1.54) is 19.2 Å². The van der Waals surface area contributed by atoms with E-state index >= 15 is 0 Å². The molecule has 2 fully saturated rings. The Morgan fingerprint density at radius 3 is 2.28 bits per heavy atom. The number of hydrogen-bond acceptors (Lipinski definition) is 10. The van der Waals surface area contributed by atoms with Crippen molar-refractivity contribution in [2.24, 2.45) is 5.92 Å². The number of piperazine rings is 1. The van der Waals surface area contributed by atoms with Crippen LogP contribution in [0.3, 0.4) is 0 Å². The van der Waals surface area contributed by atoms with Crippen molar-refractivity contribution < 1.29 is 33.8 Å². The van der Waals surface area contributed by atoms with Gasteiger partial charge in [-0.3, -0.25) is 15.0 Å². The Morgan fingerprint density at radius 2 is 1.62 bits per heavy atom. The van der Waals surface area contributed by atoms with Gasteiger partial charge in [0, 0.05) is 74.1 Å². The first-order chi connectivity index (χ1) is 25.7. The number of hydrogen-bond donors (Lipinski definition) is 3. The Bertz CT molecular complexity index is 1830. The molecule has 0 unspecified atom stereocenters. The highest BCUT2D eigenvalue weighted by Crippen LogP contribution is 2.42. The van der Waals surface area contributed by atoms with Crippen molar-refractivity contribution in [3.8, 4) is 0 Å². The quantitative estimate of drug-likeness (QED) is 0.0955. The van der Waals surface area contributed by atoms with Crippen LogP contribution in [0.4, 0.5) is 21.9 Å². The Balaban J connectivity index is 1.15. The number of amides is 2. The summed E-state index contributed by atoms with van der Waals surface area (Å²) < 4.78 is 18.3. The first kappa shape index (κ1) is 37.4. The van der Waals surface area contributed by atoms with Crippen LogP contribution in [-0.2, 0) is 32.0 Å². The standard InChI is InChI=1S/C40H45N5O8/c1-27-36(25-43-19-21-44(22-20-43)33-15-17-34(18-16-33)45(49)50)52-39(53-37(27)30-13-11-29(26-46)12-14-30)31-9-6-10-32(24-31)41-40(48)42-35(38(47)51-2)23-28-7-4-3-5-8-28/h3-18,24,27,35-37,39,46H,19-23,25-26H2,1-2H3,(H2,41,42,48)/t27-,35+,36+,37+,39+/m1/s1. The van der Waals surface area contributed by atoms with Crippen LogP contribution >= 0.6 is 0 Å². The van der Waals surface area contributed by atoms with Crippen molar-refractivity contribution in [2.75, 3.05) is 50.1 Å². The summed E-state index contributed by atoms with van der Waals surface area (Å²) in [4.78, 5) is 41.0. The van der Waals surface area contributed by atoms with Crippen LogP contribution in [0.25, 0.3) is 0 Å². The lowest BCUT2D eigenvalue weighted by Gasteiger charge is -2.44. The number of nitrogens with zero attached hydrogens (tertiary/aromatic N) is 3. The average Bonchev–Trinajstić information content (AvgIpc) is 3.19. The third-order valence-electron chi connectivity index (χ3n) is 9.85. The van der Waals surface area contributed by atoms with E-state index in [1.54, 1.807) is 24.3 Å². The first-order valence-corrected chi connectivity index (χ1v) is 17.7. The van der Waals surface area contributed by atoms with Gasteiger partial charge in [0.25, 0.3) is 5.69 Å². The van der Waals surface area contributed by atoms with Gasteiger partial charge >= 0.3 is 12.0 Å². The number of urea groups is 1. The van der Waals surface area contributed by atoms with Crippen molar-refractivity contribution in [3.63, 3.8) is 0 Å². The number of aliphatic hydroxyl groups excluding tert-OH is 1. The second kappa shape index (κ2) is 17.5. The fourth-order valence-electron chi connectivity index (χ4n) is 6.83. The van der Waals surface area contributed by atoms with Crippen molar-refractivity contribution in [1.29, 1.82) is 0 Å². The fraction of sp³-hybridized carbons (Fsp3) is 0.350. The molecule has 4 aromatic carbocycles. The second-order valence-corrected chi connectivity index (χ2v) is 13.4. The van der Waals surface area contributed by atoms with Gasteiger partial charge in [-0.1, -0.05) is 73.7 Å². The highest BCUT2D eigenvalue weighted by atomic mass is 16.7. The van der Waals surface area contributed by atoms with Crippen LogP contribution in [0.2, 0.25) is 0 Å². The molecule has 2 saturated heterocycles. The molecule has 0 aliphatic carbocycles. The molecule has 0 aromatic heterocycles. The third kappa shape index (κ3) is 9.56. The summed E-state index contributed by atoms with van der Waals surface area (Å²) in [7, 11) is 1.29. The predicted octanol–water partition coefficient (Wildman–Crippen LogP) is 5.61. The largest absolute Gasteiger partial charge is 0.467 e. The molecule has 278 valence electrons. The molecule has 0 radical (unpaired) electrons. The maximum absolute atomic E-state index is 13.1. The number of aliphatic hydroxyl groups is 1. The lowest BCUT2D eigenvalue weighted by atomic mass is 9.90. The molecule has 2 amide bonds. The number of ether oxygens (including phenoxy) is 3. The number of nitrogens with one attached hydrogen (secondary N) is 2.